The summed E-state index contributed by atoms with van der Waals surface area (Å²) in [6.45, 7) is 0. The highest BCUT2D eigenvalue weighted by Crippen LogP contribution is 2.22. The summed E-state index contributed by atoms with van der Waals surface area (Å²) >= 11 is 6.57. The summed E-state index contributed by atoms with van der Waals surface area (Å²) in [5, 5.41) is 0. The quantitative estimate of drug-likeness (QED) is 0.761. The van der Waals surface area contributed by atoms with E-state index < -0.39 is 0 Å². The summed E-state index contributed by atoms with van der Waals surface area (Å²) in [6.07, 6.45) is 0.829. The average Bonchev–Trinajstić information content (AvgIpc) is 2.17. The molecule has 12 heavy (non-hydrogen) atoms. The molecule has 0 spiro atoms. The first-order valence-corrected chi connectivity index (χ1v) is 5.00. The van der Waals surface area contributed by atoms with E-state index in [1.807, 2.05) is 12.1 Å². The first-order chi connectivity index (χ1) is 5.77. The summed E-state index contributed by atoms with van der Waals surface area (Å²) in [7, 11) is 0. The molecule has 1 nitrogen and oxygen atoms in total. The standard InChI is InChI=1S/C9H6Br2O/c10-5-9(11)8-3-1-7(6-12)2-4-8/h1-6H/b9-5+. The van der Waals surface area contributed by atoms with Gasteiger partial charge in [0.2, 0.25) is 0 Å². The second-order valence-corrected chi connectivity index (χ2v) is 3.51. The van der Waals surface area contributed by atoms with E-state index in [9.17, 15) is 4.79 Å². The van der Waals surface area contributed by atoms with Crippen molar-refractivity contribution in [1.82, 2.24) is 0 Å². The van der Waals surface area contributed by atoms with Crippen LogP contribution in [0.3, 0.4) is 0 Å². The Kier molecular flexibility index (Phi) is 3.69. The zero-order chi connectivity index (χ0) is 8.97. The molecule has 1 aromatic rings. The smallest absolute Gasteiger partial charge is 0.150 e. The van der Waals surface area contributed by atoms with Gasteiger partial charge in [-0.2, -0.15) is 0 Å². The predicted octanol–water partition coefficient (Wildman–Crippen LogP) is 3.59. The summed E-state index contributed by atoms with van der Waals surface area (Å²) in [5.41, 5.74) is 1.73. The van der Waals surface area contributed by atoms with Crippen LogP contribution in [0.5, 0.6) is 0 Å². The Bertz CT molecular complexity index is 301. The second-order valence-electron chi connectivity index (χ2n) is 2.20. The van der Waals surface area contributed by atoms with Gasteiger partial charge in [-0.05, 0) is 26.5 Å². The fraction of sp³-hybridized carbons (Fsp3) is 0. The van der Waals surface area contributed by atoms with Crippen LogP contribution in [-0.4, -0.2) is 6.29 Å². The summed E-state index contributed by atoms with van der Waals surface area (Å²) in [5.74, 6) is 0. The first-order valence-electron chi connectivity index (χ1n) is 3.29. The van der Waals surface area contributed by atoms with E-state index in [0.29, 0.717) is 5.56 Å². The van der Waals surface area contributed by atoms with Crippen molar-refractivity contribution in [3.63, 3.8) is 0 Å². The van der Waals surface area contributed by atoms with Gasteiger partial charge < -0.3 is 0 Å². The molecule has 0 fully saturated rings. The molecule has 0 radical (unpaired) electrons. The third kappa shape index (κ3) is 2.29. The van der Waals surface area contributed by atoms with Crippen LogP contribution in [0.15, 0.2) is 29.3 Å². The second kappa shape index (κ2) is 4.58. The minimum absolute atomic E-state index is 0.689. The highest BCUT2D eigenvalue weighted by molar-refractivity contribution is 9.16. The third-order valence-electron chi connectivity index (χ3n) is 1.42. The van der Waals surface area contributed by atoms with Crippen molar-refractivity contribution in [2.24, 2.45) is 0 Å². The van der Waals surface area contributed by atoms with Gasteiger partial charge in [0.1, 0.15) is 6.29 Å². The molecule has 0 N–H and O–H groups in total. The molecule has 0 aliphatic carbocycles. The average molecular weight is 290 g/mol. The van der Waals surface area contributed by atoms with E-state index in [0.717, 1.165) is 16.3 Å². The largest absolute Gasteiger partial charge is 0.298 e. The van der Waals surface area contributed by atoms with Gasteiger partial charge in [-0.25, -0.2) is 0 Å². The van der Waals surface area contributed by atoms with E-state index in [1.165, 1.54) is 0 Å². The fourth-order valence-electron chi connectivity index (χ4n) is 0.784. The molecule has 0 aliphatic heterocycles. The Morgan fingerprint density at radius 3 is 2.25 bits per heavy atom. The molecule has 1 aromatic carbocycles. The molecule has 0 bridgehead atoms. The van der Waals surface area contributed by atoms with Gasteiger partial charge in [0.15, 0.2) is 0 Å². The van der Waals surface area contributed by atoms with E-state index in [1.54, 1.807) is 17.1 Å². The molecule has 0 unspecified atom stereocenters. The van der Waals surface area contributed by atoms with Crippen molar-refractivity contribution in [1.29, 1.82) is 0 Å². The van der Waals surface area contributed by atoms with E-state index >= 15 is 0 Å². The SMILES string of the molecule is O=Cc1ccc(/C(Br)=C\Br)cc1. The van der Waals surface area contributed by atoms with Gasteiger partial charge >= 0.3 is 0 Å². The molecule has 3 heteroatoms. The predicted molar refractivity (Wildman–Crippen MR) is 57.7 cm³/mol. The number of aldehydes is 1. The van der Waals surface area contributed by atoms with Crippen LogP contribution in [0.25, 0.3) is 4.48 Å². The van der Waals surface area contributed by atoms with Crippen LogP contribution in [-0.2, 0) is 0 Å². The minimum atomic E-state index is 0.689. The van der Waals surface area contributed by atoms with Gasteiger partial charge in [0.25, 0.3) is 0 Å². The number of carbonyl (C=O) groups excluding carboxylic acids is 1. The molecule has 0 atom stereocenters. The van der Waals surface area contributed by atoms with Gasteiger partial charge in [-0.1, -0.05) is 40.2 Å². The Labute approximate surface area is 87.7 Å². The number of halogens is 2. The van der Waals surface area contributed by atoms with Crippen LogP contribution < -0.4 is 0 Å². The lowest BCUT2D eigenvalue weighted by atomic mass is 10.1. The zero-order valence-corrected chi connectivity index (χ0v) is 9.30. The van der Waals surface area contributed by atoms with Crippen molar-refractivity contribution in [2.45, 2.75) is 0 Å². The fourth-order valence-corrected chi connectivity index (χ4v) is 1.31. The van der Waals surface area contributed by atoms with Crippen molar-refractivity contribution in [2.75, 3.05) is 0 Å². The van der Waals surface area contributed by atoms with Crippen LogP contribution in [0, 0.1) is 0 Å². The van der Waals surface area contributed by atoms with Crippen molar-refractivity contribution in [3.8, 4) is 0 Å². The van der Waals surface area contributed by atoms with Crippen LogP contribution >= 0.6 is 31.9 Å². The number of carbonyl (C=O) groups is 1. The minimum Gasteiger partial charge on any atom is -0.298 e. The molecule has 0 saturated heterocycles. The topological polar surface area (TPSA) is 17.1 Å². The number of rotatable bonds is 2. The summed E-state index contributed by atoms with van der Waals surface area (Å²) < 4.78 is 0.958. The molecule has 0 aliphatic rings. The molecule has 0 heterocycles. The summed E-state index contributed by atoms with van der Waals surface area (Å²) in [4.78, 5) is 12.1. The molecule has 0 saturated carbocycles. The Morgan fingerprint density at radius 2 is 1.83 bits per heavy atom. The lowest BCUT2D eigenvalue weighted by Gasteiger charge is -1.97. The Hall–Kier alpha value is -0.410. The number of hydrogen-bond donors (Lipinski definition) is 0. The molecule has 0 amide bonds. The Morgan fingerprint density at radius 1 is 1.25 bits per heavy atom. The monoisotopic (exact) mass is 288 g/mol. The lowest BCUT2D eigenvalue weighted by Crippen LogP contribution is -1.80. The highest BCUT2D eigenvalue weighted by Gasteiger charge is 1.95. The Balaban J connectivity index is 2.99. The highest BCUT2D eigenvalue weighted by atomic mass is 79.9. The molecular formula is C9H6Br2O. The van der Waals surface area contributed by atoms with E-state index in [2.05, 4.69) is 31.9 Å². The third-order valence-corrected chi connectivity index (χ3v) is 3.18. The first kappa shape index (κ1) is 9.68. The summed E-state index contributed by atoms with van der Waals surface area (Å²) in [6, 6.07) is 7.32. The maximum atomic E-state index is 10.3. The van der Waals surface area contributed by atoms with Gasteiger partial charge in [0.05, 0.1) is 0 Å². The van der Waals surface area contributed by atoms with Crippen molar-refractivity contribution >= 4 is 42.6 Å². The van der Waals surface area contributed by atoms with E-state index in [4.69, 9.17) is 0 Å². The maximum absolute atomic E-state index is 10.3. The lowest BCUT2D eigenvalue weighted by molar-refractivity contribution is 0.112. The van der Waals surface area contributed by atoms with Crippen molar-refractivity contribution < 1.29 is 4.79 Å². The molecule has 1 rings (SSSR count). The van der Waals surface area contributed by atoms with Crippen LogP contribution in [0.1, 0.15) is 15.9 Å². The molecular weight excluding hydrogens is 284 g/mol. The van der Waals surface area contributed by atoms with Gasteiger partial charge in [-0.3, -0.25) is 4.79 Å². The van der Waals surface area contributed by atoms with Gasteiger partial charge in [-0.15, -0.1) is 0 Å². The molecule has 62 valence electrons. The van der Waals surface area contributed by atoms with Crippen molar-refractivity contribution in [3.05, 3.63) is 40.4 Å². The van der Waals surface area contributed by atoms with Crippen LogP contribution in [0.4, 0.5) is 0 Å². The van der Waals surface area contributed by atoms with Crippen LogP contribution in [0.2, 0.25) is 0 Å². The molecule has 0 aromatic heterocycles. The van der Waals surface area contributed by atoms with Gasteiger partial charge in [0, 0.05) is 10.0 Å². The zero-order valence-electron chi connectivity index (χ0n) is 6.13. The number of benzene rings is 1. The maximum Gasteiger partial charge on any atom is 0.150 e. The number of hydrogen-bond acceptors (Lipinski definition) is 1. The van der Waals surface area contributed by atoms with E-state index in [-0.39, 0.29) is 0 Å². The normalized spacial score (nSPS) is 11.3.